The average molecular weight is 799 g/mol. The van der Waals surface area contributed by atoms with E-state index in [0.29, 0.717) is 23.9 Å². The lowest BCUT2D eigenvalue weighted by atomic mass is 10.0. The number of unbranched alkanes of at least 4 members (excludes halogenated alkanes) is 15. The Hall–Kier alpha value is -2.07. The fraction of sp³-hybridized carbons (Fsp3) is 0.773. The number of phosphoric acid groups is 1. The summed E-state index contributed by atoms with van der Waals surface area (Å²) >= 11 is 0. The van der Waals surface area contributed by atoms with Gasteiger partial charge in [-0.2, -0.15) is 0 Å². The first-order valence-corrected chi connectivity index (χ1v) is 23.0. The number of likely N-dealkylation sites (N-methyl/N-ethyl adjacent to an activating group) is 1. The van der Waals surface area contributed by atoms with Gasteiger partial charge in [0.1, 0.15) is 19.8 Å². The minimum absolute atomic E-state index is 0.0128. The van der Waals surface area contributed by atoms with E-state index in [-0.39, 0.29) is 32.2 Å². The fourth-order valence-electron chi connectivity index (χ4n) is 5.53. The van der Waals surface area contributed by atoms with Gasteiger partial charge in [-0.05, 0) is 38.5 Å². The number of ether oxygens (including phenoxy) is 2. The zero-order chi connectivity index (χ0) is 40.9. The SMILES string of the molecule is CCCCCCCCCCCCCCCC(=O)OC[C@H](COP(=O)(O)OCC[N+](C)(C)C)OC(=O)CCCC=CCC=CCC=CC=CC(O)CCCCC. The normalized spacial score (nSPS) is 14.7. The molecule has 0 aromatic rings. The van der Waals surface area contributed by atoms with E-state index in [1.807, 2.05) is 57.6 Å². The van der Waals surface area contributed by atoms with Crippen molar-refractivity contribution in [1.29, 1.82) is 0 Å². The molecule has 0 radical (unpaired) electrons. The van der Waals surface area contributed by atoms with Crippen LogP contribution in [0.3, 0.4) is 0 Å². The molecule has 0 bridgehead atoms. The molecule has 3 atom stereocenters. The second-order valence-electron chi connectivity index (χ2n) is 15.6. The van der Waals surface area contributed by atoms with E-state index in [4.69, 9.17) is 18.5 Å². The Kier molecular flexibility index (Phi) is 34.9. The summed E-state index contributed by atoms with van der Waals surface area (Å²) in [7, 11) is 1.41. The number of nitrogens with zero attached hydrogens (tertiary/aromatic N) is 1. The number of hydrogen-bond donors (Lipinski definition) is 2. The highest BCUT2D eigenvalue weighted by molar-refractivity contribution is 7.47. The van der Waals surface area contributed by atoms with Gasteiger partial charge in [0.25, 0.3) is 0 Å². The maximum absolute atomic E-state index is 12.6. The van der Waals surface area contributed by atoms with Crippen molar-refractivity contribution in [1.82, 2.24) is 0 Å². The van der Waals surface area contributed by atoms with Crippen LogP contribution in [0.5, 0.6) is 0 Å². The van der Waals surface area contributed by atoms with Gasteiger partial charge in [0, 0.05) is 12.8 Å². The molecule has 0 aromatic heterocycles. The van der Waals surface area contributed by atoms with Gasteiger partial charge in [0.2, 0.25) is 0 Å². The van der Waals surface area contributed by atoms with E-state index in [9.17, 15) is 24.2 Å². The predicted molar refractivity (Wildman–Crippen MR) is 226 cm³/mol. The zero-order valence-electron chi connectivity index (χ0n) is 35.5. The number of hydrogen-bond acceptors (Lipinski definition) is 8. The van der Waals surface area contributed by atoms with Gasteiger partial charge in [-0.3, -0.25) is 18.6 Å². The first kappa shape index (κ1) is 52.9. The number of rotatable bonds is 38. The number of carbonyl (C=O) groups is 2. The third-order valence-electron chi connectivity index (χ3n) is 8.97. The molecule has 0 aliphatic rings. The smallest absolute Gasteiger partial charge is 0.462 e. The Balaban J connectivity index is 4.52. The van der Waals surface area contributed by atoms with Gasteiger partial charge in [-0.15, -0.1) is 0 Å². The van der Waals surface area contributed by atoms with Crippen LogP contribution in [0.2, 0.25) is 0 Å². The third-order valence-corrected chi connectivity index (χ3v) is 9.95. The molecule has 0 aromatic carbocycles. The van der Waals surface area contributed by atoms with Crippen LogP contribution in [0.25, 0.3) is 0 Å². The molecule has 0 aliphatic heterocycles. The number of esters is 2. The summed E-state index contributed by atoms with van der Waals surface area (Å²) in [5, 5.41) is 9.90. The Bertz CT molecular complexity index is 1100. The molecule has 0 amide bonds. The van der Waals surface area contributed by atoms with Gasteiger partial charge in [0.15, 0.2) is 6.10 Å². The molecule has 320 valence electrons. The lowest BCUT2D eigenvalue weighted by molar-refractivity contribution is -0.870. The number of aliphatic hydroxyl groups excluding tert-OH is 1. The third kappa shape index (κ3) is 39.9. The van der Waals surface area contributed by atoms with Gasteiger partial charge >= 0.3 is 19.8 Å². The number of carbonyl (C=O) groups excluding carboxylic acids is 2. The molecule has 0 saturated heterocycles. The molecule has 55 heavy (non-hydrogen) atoms. The summed E-state index contributed by atoms with van der Waals surface area (Å²) in [6.45, 7) is 4.21. The summed E-state index contributed by atoms with van der Waals surface area (Å²) in [4.78, 5) is 35.3. The summed E-state index contributed by atoms with van der Waals surface area (Å²) in [5.74, 6) is -0.891. The fourth-order valence-corrected chi connectivity index (χ4v) is 6.27. The van der Waals surface area contributed by atoms with E-state index in [1.165, 1.54) is 64.2 Å². The highest BCUT2D eigenvalue weighted by atomic mass is 31.2. The van der Waals surface area contributed by atoms with Gasteiger partial charge in [-0.1, -0.05) is 159 Å². The molecule has 0 heterocycles. The lowest BCUT2D eigenvalue weighted by Gasteiger charge is -2.24. The molecule has 0 fully saturated rings. The molecule has 0 saturated carbocycles. The van der Waals surface area contributed by atoms with Crippen LogP contribution in [0, 0.1) is 0 Å². The minimum atomic E-state index is -4.40. The van der Waals surface area contributed by atoms with Gasteiger partial charge in [0.05, 0.1) is 33.9 Å². The summed E-state index contributed by atoms with van der Waals surface area (Å²) in [6, 6.07) is 0. The molecule has 0 aliphatic carbocycles. The maximum atomic E-state index is 12.6. The average Bonchev–Trinajstić information content (AvgIpc) is 3.12. The van der Waals surface area contributed by atoms with E-state index in [1.54, 1.807) is 0 Å². The largest absolute Gasteiger partial charge is 0.472 e. The van der Waals surface area contributed by atoms with Crippen LogP contribution in [0.4, 0.5) is 0 Å². The Morgan fingerprint density at radius 3 is 1.82 bits per heavy atom. The van der Waals surface area contributed by atoms with Crippen molar-refractivity contribution in [3.63, 3.8) is 0 Å². The van der Waals surface area contributed by atoms with E-state index in [0.717, 1.165) is 57.8 Å². The van der Waals surface area contributed by atoms with Crippen molar-refractivity contribution in [3.8, 4) is 0 Å². The molecular weight excluding hydrogens is 717 g/mol. The van der Waals surface area contributed by atoms with Crippen molar-refractivity contribution in [3.05, 3.63) is 48.6 Å². The minimum Gasteiger partial charge on any atom is -0.462 e. The first-order valence-electron chi connectivity index (χ1n) is 21.5. The molecule has 2 N–H and O–H groups in total. The molecule has 0 rings (SSSR count). The van der Waals surface area contributed by atoms with Gasteiger partial charge < -0.3 is 24.0 Å². The van der Waals surface area contributed by atoms with Crippen LogP contribution < -0.4 is 0 Å². The molecule has 11 heteroatoms. The Labute approximate surface area is 336 Å². The second-order valence-corrected chi connectivity index (χ2v) is 17.0. The van der Waals surface area contributed by atoms with Gasteiger partial charge in [-0.25, -0.2) is 4.57 Å². The lowest BCUT2D eigenvalue weighted by Crippen LogP contribution is -2.37. The van der Waals surface area contributed by atoms with Crippen molar-refractivity contribution >= 4 is 19.8 Å². The molecule has 0 spiro atoms. The zero-order valence-corrected chi connectivity index (χ0v) is 36.4. The molecule has 2 unspecified atom stereocenters. The number of allylic oxidation sites excluding steroid dienone is 7. The highest BCUT2D eigenvalue weighted by Gasteiger charge is 2.27. The van der Waals surface area contributed by atoms with Crippen molar-refractivity contribution in [2.75, 3.05) is 47.5 Å². The standard InChI is InChI=1S/C44H80NO9P/c1-6-8-10-11-12-13-14-15-18-21-24-27-31-35-43(47)51-39-42(40-53-55(49,50)52-38-37-45(3,4)5)54-44(48)36-32-28-25-22-19-16-17-20-23-26-30-34-41(46)33-29-9-7-2/h16-17,22-23,25-26,30,34,41-42,46H,6-15,18-21,24,27-29,31-33,35-40H2,1-5H3/p+1/t41?,42-/m1/s1. The van der Waals surface area contributed by atoms with E-state index >= 15 is 0 Å². The summed E-state index contributed by atoms with van der Waals surface area (Å²) in [6.07, 6.45) is 37.7. The van der Waals surface area contributed by atoms with Crippen LogP contribution in [-0.4, -0.2) is 86.1 Å². The summed E-state index contributed by atoms with van der Waals surface area (Å²) < 4.78 is 34.2. The molecular formula is C44H81NO9P+. The monoisotopic (exact) mass is 799 g/mol. The predicted octanol–water partition coefficient (Wildman–Crippen LogP) is 10.9. The Morgan fingerprint density at radius 1 is 0.655 bits per heavy atom. The van der Waals surface area contributed by atoms with Crippen molar-refractivity contribution < 1.29 is 47.2 Å². The summed E-state index contributed by atoms with van der Waals surface area (Å²) in [5.41, 5.74) is 0. The van der Waals surface area contributed by atoms with E-state index < -0.39 is 32.5 Å². The highest BCUT2D eigenvalue weighted by Crippen LogP contribution is 2.43. The van der Waals surface area contributed by atoms with E-state index in [2.05, 4.69) is 26.0 Å². The van der Waals surface area contributed by atoms with Crippen LogP contribution in [-0.2, 0) is 32.7 Å². The maximum Gasteiger partial charge on any atom is 0.472 e. The number of phosphoric ester groups is 1. The van der Waals surface area contributed by atoms with Crippen LogP contribution in [0.1, 0.15) is 162 Å². The quantitative estimate of drug-likeness (QED) is 0.0157. The van der Waals surface area contributed by atoms with Crippen molar-refractivity contribution in [2.24, 2.45) is 0 Å². The topological polar surface area (TPSA) is 129 Å². The Morgan fingerprint density at radius 2 is 1.20 bits per heavy atom. The number of aliphatic hydroxyl groups is 1. The van der Waals surface area contributed by atoms with Crippen LogP contribution >= 0.6 is 7.82 Å². The molecule has 10 nitrogen and oxygen atoms in total. The van der Waals surface area contributed by atoms with Crippen LogP contribution in [0.15, 0.2) is 48.6 Å². The van der Waals surface area contributed by atoms with Crippen molar-refractivity contribution in [2.45, 2.75) is 174 Å². The number of quaternary nitrogens is 1. The first-order chi connectivity index (χ1) is 26.4. The second kappa shape index (κ2) is 36.3.